The van der Waals surface area contributed by atoms with Gasteiger partial charge in [0, 0.05) is 8.95 Å². The normalized spacial score (nSPS) is 9.61. The minimum absolute atomic E-state index is 0.465. The van der Waals surface area contributed by atoms with E-state index in [0.717, 1.165) is 8.95 Å². The van der Waals surface area contributed by atoms with E-state index in [4.69, 9.17) is 44.3 Å². The van der Waals surface area contributed by atoms with Gasteiger partial charge < -0.3 is 9.47 Å². The van der Waals surface area contributed by atoms with Crippen LogP contribution in [-0.4, -0.2) is 12.5 Å². The van der Waals surface area contributed by atoms with Crippen LogP contribution in [0, 0.1) is 0 Å². The van der Waals surface area contributed by atoms with Crippen LogP contribution in [0.4, 0.5) is 0 Å². The van der Waals surface area contributed by atoms with Gasteiger partial charge >= 0.3 is 0 Å². The number of benzene rings is 2. The Morgan fingerprint density at radius 3 is 1.91 bits per heavy atom. The molecule has 0 saturated carbocycles. The summed E-state index contributed by atoms with van der Waals surface area (Å²) in [6, 6.07) is 10.8. The highest BCUT2D eigenvalue weighted by Crippen LogP contribution is 2.28. The van der Waals surface area contributed by atoms with Crippen molar-refractivity contribution in [3.63, 3.8) is 0 Å². The van der Waals surface area contributed by atoms with Crippen LogP contribution in [0.15, 0.2) is 58.2 Å². The maximum atomic E-state index is 5.87. The fourth-order valence-electron chi connectivity index (χ4n) is 1.40. The molecule has 0 aromatic heterocycles. The average molecular weight is 503 g/mol. The van der Waals surface area contributed by atoms with Crippen molar-refractivity contribution in [1.29, 1.82) is 0 Å². The molecule has 0 heterocycles. The van der Waals surface area contributed by atoms with Crippen LogP contribution >= 0.6 is 66.7 Å². The first-order valence-corrected chi connectivity index (χ1v) is 9.22. The zero-order valence-corrected chi connectivity index (χ0v) is 17.3. The van der Waals surface area contributed by atoms with Gasteiger partial charge in [-0.3, -0.25) is 0 Å². The molecule has 0 aliphatic rings. The Balaban J connectivity index is 0.000000231. The van der Waals surface area contributed by atoms with E-state index < -0.39 is 0 Å². The number of rotatable bonds is 5. The predicted molar refractivity (Wildman–Crippen MR) is 105 cm³/mol. The first-order valence-electron chi connectivity index (χ1n) is 6.34. The van der Waals surface area contributed by atoms with Crippen molar-refractivity contribution in [2.45, 2.75) is 0 Å². The van der Waals surface area contributed by atoms with Crippen LogP contribution in [0.3, 0.4) is 0 Å². The Kier molecular flexibility index (Phi) is 10.1. The van der Waals surface area contributed by atoms with Gasteiger partial charge in [-0.25, -0.2) is 0 Å². The SMILES string of the molecule is C=COc1ccc(Br)cc1Cl.ClCCOc1ccc(Br)cc1Cl. The number of halogens is 5. The predicted octanol–water partition coefficient (Wildman–Crippen LogP) is 7.34. The number of alkyl halides is 1. The fraction of sp³-hybridized carbons (Fsp3) is 0.125. The zero-order chi connectivity index (χ0) is 17.2. The second-order valence-electron chi connectivity index (χ2n) is 3.97. The monoisotopic (exact) mass is 500 g/mol. The Bertz CT molecular complexity index is 651. The van der Waals surface area contributed by atoms with Crippen LogP contribution in [0.5, 0.6) is 11.5 Å². The number of ether oxygens (including phenoxy) is 2. The van der Waals surface area contributed by atoms with Crippen molar-refractivity contribution in [2.75, 3.05) is 12.5 Å². The molecule has 0 fully saturated rings. The van der Waals surface area contributed by atoms with E-state index in [1.54, 1.807) is 24.3 Å². The number of hydrogen-bond acceptors (Lipinski definition) is 2. The van der Waals surface area contributed by atoms with Gasteiger partial charge in [0.05, 0.1) is 22.2 Å². The maximum Gasteiger partial charge on any atom is 0.145 e. The van der Waals surface area contributed by atoms with E-state index in [9.17, 15) is 0 Å². The van der Waals surface area contributed by atoms with E-state index in [1.807, 2.05) is 12.1 Å². The van der Waals surface area contributed by atoms with Gasteiger partial charge in [-0.1, -0.05) is 61.6 Å². The molecule has 124 valence electrons. The Labute approximate surface area is 167 Å². The summed E-state index contributed by atoms with van der Waals surface area (Å²) < 4.78 is 12.1. The van der Waals surface area contributed by atoms with Crippen LogP contribution < -0.4 is 9.47 Å². The first-order chi connectivity index (χ1) is 11.0. The molecule has 0 radical (unpaired) electrons. The second kappa shape index (κ2) is 11.2. The van der Waals surface area contributed by atoms with Crippen LogP contribution in [0.1, 0.15) is 0 Å². The molecular weight excluding hydrogens is 490 g/mol. The minimum Gasteiger partial charge on any atom is -0.491 e. The molecule has 0 amide bonds. The molecule has 0 atom stereocenters. The molecule has 0 unspecified atom stereocenters. The third-order valence-corrected chi connectivity index (χ3v) is 4.06. The lowest BCUT2D eigenvalue weighted by Crippen LogP contribution is -1.98. The lowest BCUT2D eigenvalue weighted by molar-refractivity contribution is 0.343. The summed E-state index contributed by atoms with van der Waals surface area (Å²) in [5.41, 5.74) is 0. The van der Waals surface area contributed by atoms with E-state index in [0.29, 0.717) is 34.0 Å². The third kappa shape index (κ3) is 7.81. The molecule has 0 saturated heterocycles. The summed E-state index contributed by atoms with van der Waals surface area (Å²) in [6.45, 7) is 3.90. The van der Waals surface area contributed by atoms with E-state index >= 15 is 0 Å². The quantitative estimate of drug-likeness (QED) is 0.314. The lowest BCUT2D eigenvalue weighted by Gasteiger charge is -2.05. The molecular formula is C16H13Br2Cl3O2. The average Bonchev–Trinajstić information content (AvgIpc) is 2.50. The molecule has 2 nitrogen and oxygen atoms in total. The molecule has 0 bridgehead atoms. The van der Waals surface area contributed by atoms with Crippen molar-refractivity contribution in [2.24, 2.45) is 0 Å². The van der Waals surface area contributed by atoms with Gasteiger partial charge in [0.2, 0.25) is 0 Å². The zero-order valence-electron chi connectivity index (χ0n) is 11.9. The Morgan fingerprint density at radius 1 is 0.957 bits per heavy atom. The van der Waals surface area contributed by atoms with Crippen LogP contribution in [-0.2, 0) is 0 Å². The molecule has 0 aliphatic heterocycles. The highest BCUT2D eigenvalue weighted by atomic mass is 79.9. The highest BCUT2D eigenvalue weighted by molar-refractivity contribution is 9.10. The van der Waals surface area contributed by atoms with Crippen molar-refractivity contribution in [3.8, 4) is 11.5 Å². The summed E-state index contributed by atoms with van der Waals surface area (Å²) in [6.07, 6.45) is 1.34. The lowest BCUT2D eigenvalue weighted by atomic mass is 10.3. The largest absolute Gasteiger partial charge is 0.491 e. The molecule has 2 aromatic rings. The maximum absolute atomic E-state index is 5.87. The standard InChI is InChI=1S/C8H7BrCl2O.C8H6BrClO/c9-6-1-2-8(7(11)5-6)12-4-3-10;1-2-11-8-4-3-6(9)5-7(8)10/h1-2,5H,3-4H2;2-5H,1H2. The van der Waals surface area contributed by atoms with Crippen LogP contribution in [0.2, 0.25) is 10.0 Å². The molecule has 0 aliphatic carbocycles. The van der Waals surface area contributed by atoms with Crippen molar-refractivity contribution in [1.82, 2.24) is 0 Å². The van der Waals surface area contributed by atoms with Gasteiger partial charge in [0.15, 0.2) is 0 Å². The molecule has 0 N–H and O–H groups in total. The van der Waals surface area contributed by atoms with Gasteiger partial charge in [-0.15, -0.1) is 11.6 Å². The van der Waals surface area contributed by atoms with E-state index in [-0.39, 0.29) is 0 Å². The molecule has 23 heavy (non-hydrogen) atoms. The summed E-state index contributed by atoms with van der Waals surface area (Å²) in [5, 5.41) is 1.16. The van der Waals surface area contributed by atoms with Crippen molar-refractivity contribution < 1.29 is 9.47 Å². The topological polar surface area (TPSA) is 18.5 Å². The Hall–Kier alpha value is -0.390. The first kappa shape index (κ1) is 20.7. The van der Waals surface area contributed by atoms with Crippen molar-refractivity contribution in [3.05, 3.63) is 68.2 Å². The summed E-state index contributed by atoms with van der Waals surface area (Å²) in [4.78, 5) is 0. The van der Waals surface area contributed by atoms with Gasteiger partial charge in [-0.05, 0) is 36.4 Å². The van der Waals surface area contributed by atoms with Crippen LogP contribution in [0.25, 0.3) is 0 Å². The van der Waals surface area contributed by atoms with Gasteiger partial charge in [0.1, 0.15) is 18.1 Å². The molecule has 0 spiro atoms. The van der Waals surface area contributed by atoms with Gasteiger partial charge in [0.25, 0.3) is 0 Å². The molecule has 7 heteroatoms. The third-order valence-electron chi connectivity index (χ3n) is 2.33. The highest BCUT2D eigenvalue weighted by Gasteiger charge is 2.00. The smallest absolute Gasteiger partial charge is 0.145 e. The summed E-state index contributed by atoms with van der Waals surface area (Å²) in [7, 11) is 0. The number of hydrogen-bond donors (Lipinski definition) is 0. The summed E-state index contributed by atoms with van der Waals surface area (Å²) >= 11 is 23.7. The molecule has 2 rings (SSSR count). The molecule has 2 aromatic carbocycles. The Morgan fingerprint density at radius 2 is 1.48 bits per heavy atom. The van der Waals surface area contributed by atoms with E-state index in [1.165, 1.54) is 6.26 Å². The summed E-state index contributed by atoms with van der Waals surface area (Å²) in [5.74, 6) is 1.75. The minimum atomic E-state index is 0.465. The van der Waals surface area contributed by atoms with E-state index in [2.05, 4.69) is 38.4 Å². The second-order valence-corrected chi connectivity index (χ2v) is 7.00. The fourth-order valence-corrected chi connectivity index (χ4v) is 2.92. The van der Waals surface area contributed by atoms with Crippen molar-refractivity contribution >= 4 is 66.7 Å². The van der Waals surface area contributed by atoms with Gasteiger partial charge in [-0.2, -0.15) is 0 Å².